The molecular formula is C22H21N3O3. The molecule has 1 N–H and O–H groups in total. The van der Waals surface area contributed by atoms with Crippen LogP contribution < -0.4 is 10.1 Å². The number of aromatic nitrogens is 1. The van der Waals surface area contributed by atoms with Gasteiger partial charge in [0.1, 0.15) is 11.5 Å². The number of carbonyl (C=O) groups is 2. The van der Waals surface area contributed by atoms with E-state index in [1.807, 2.05) is 49.4 Å². The van der Waals surface area contributed by atoms with Crippen molar-refractivity contribution in [1.82, 2.24) is 9.88 Å². The summed E-state index contributed by atoms with van der Waals surface area (Å²) in [6.07, 6.45) is 1.99. The van der Waals surface area contributed by atoms with E-state index in [0.717, 1.165) is 16.7 Å². The topological polar surface area (TPSA) is 71.5 Å². The summed E-state index contributed by atoms with van der Waals surface area (Å²) in [7, 11) is 0. The Hall–Kier alpha value is -3.41. The third-order valence-electron chi connectivity index (χ3n) is 4.93. The number of likely N-dealkylation sites (tertiary alicyclic amines) is 1. The minimum Gasteiger partial charge on any atom is -0.457 e. The number of benzene rings is 2. The van der Waals surface area contributed by atoms with Crippen LogP contribution >= 0.6 is 0 Å². The van der Waals surface area contributed by atoms with Crippen molar-refractivity contribution < 1.29 is 14.3 Å². The quantitative estimate of drug-likeness (QED) is 0.736. The van der Waals surface area contributed by atoms with Gasteiger partial charge in [0, 0.05) is 36.8 Å². The zero-order valence-electron chi connectivity index (χ0n) is 15.6. The SMILES string of the molecule is CCN1CC(C(=O)Nc2ccc(Oc3ccnc4ccccc34)cc2)CC1=O. The summed E-state index contributed by atoms with van der Waals surface area (Å²) in [6.45, 7) is 3.04. The molecule has 0 spiro atoms. The molecule has 0 saturated carbocycles. The second kappa shape index (κ2) is 7.68. The first-order valence-corrected chi connectivity index (χ1v) is 9.34. The van der Waals surface area contributed by atoms with Gasteiger partial charge in [0.2, 0.25) is 11.8 Å². The van der Waals surface area contributed by atoms with Gasteiger partial charge in [-0.05, 0) is 49.4 Å². The monoisotopic (exact) mass is 375 g/mol. The zero-order chi connectivity index (χ0) is 19.5. The molecule has 1 atom stereocenters. The Morgan fingerprint density at radius 3 is 2.71 bits per heavy atom. The van der Waals surface area contributed by atoms with Gasteiger partial charge in [0.15, 0.2) is 0 Å². The molecule has 1 fully saturated rings. The molecule has 1 unspecified atom stereocenters. The lowest BCUT2D eigenvalue weighted by molar-refractivity contribution is -0.128. The number of carbonyl (C=O) groups excluding carboxylic acids is 2. The van der Waals surface area contributed by atoms with Gasteiger partial charge in [-0.2, -0.15) is 0 Å². The molecular weight excluding hydrogens is 354 g/mol. The van der Waals surface area contributed by atoms with Crippen LogP contribution in [0.4, 0.5) is 5.69 Å². The first-order chi connectivity index (χ1) is 13.6. The van der Waals surface area contributed by atoms with Crippen LogP contribution in [0.3, 0.4) is 0 Å². The number of nitrogens with one attached hydrogen (secondary N) is 1. The number of amides is 2. The van der Waals surface area contributed by atoms with Crippen molar-refractivity contribution in [2.24, 2.45) is 5.92 Å². The van der Waals surface area contributed by atoms with Crippen molar-refractivity contribution in [3.8, 4) is 11.5 Å². The van der Waals surface area contributed by atoms with E-state index >= 15 is 0 Å². The summed E-state index contributed by atoms with van der Waals surface area (Å²) in [5.74, 6) is 1.01. The minimum atomic E-state index is -0.299. The van der Waals surface area contributed by atoms with Gasteiger partial charge in [0.25, 0.3) is 0 Å². The van der Waals surface area contributed by atoms with Crippen LogP contribution in [-0.2, 0) is 9.59 Å². The average molecular weight is 375 g/mol. The maximum absolute atomic E-state index is 12.4. The molecule has 0 aliphatic carbocycles. The fourth-order valence-corrected chi connectivity index (χ4v) is 3.39. The van der Waals surface area contributed by atoms with Crippen molar-refractivity contribution in [2.75, 3.05) is 18.4 Å². The fourth-order valence-electron chi connectivity index (χ4n) is 3.39. The number of rotatable bonds is 5. The molecule has 2 aromatic carbocycles. The Morgan fingerprint density at radius 2 is 1.96 bits per heavy atom. The molecule has 6 nitrogen and oxygen atoms in total. The molecule has 1 aromatic heterocycles. The van der Waals surface area contributed by atoms with Crippen LogP contribution in [0.15, 0.2) is 60.8 Å². The average Bonchev–Trinajstić information content (AvgIpc) is 3.11. The van der Waals surface area contributed by atoms with E-state index in [4.69, 9.17) is 4.74 Å². The first kappa shape index (κ1) is 18.0. The van der Waals surface area contributed by atoms with E-state index in [1.54, 1.807) is 23.2 Å². The molecule has 2 heterocycles. The standard InChI is InChI=1S/C22H21N3O3/c1-2-25-14-15(13-21(25)26)22(27)24-16-7-9-17(10-8-16)28-20-11-12-23-19-6-4-3-5-18(19)20/h3-12,15H,2,13-14H2,1H3,(H,24,27). The van der Waals surface area contributed by atoms with E-state index in [0.29, 0.717) is 24.5 Å². The van der Waals surface area contributed by atoms with Crippen LogP contribution in [0.25, 0.3) is 10.9 Å². The molecule has 6 heteroatoms. The molecule has 3 aromatic rings. The Balaban J connectivity index is 1.43. The van der Waals surface area contributed by atoms with Crippen LogP contribution in [0.1, 0.15) is 13.3 Å². The van der Waals surface area contributed by atoms with E-state index in [-0.39, 0.29) is 24.2 Å². The summed E-state index contributed by atoms with van der Waals surface area (Å²) in [5, 5.41) is 3.83. The maximum atomic E-state index is 12.4. The Bertz CT molecular complexity index is 1010. The van der Waals surface area contributed by atoms with Crippen molar-refractivity contribution >= 4 is 28.4 Å². The van der Waals surface area contributed by atoms with Gasteiger partial charge in [-0.1, -0.05) is 12.1 Å². The Kier molecular flexibility index (Phi) is 4.93. The predicted molar refractivity (Wildman–Crippen MR) is 107 cm³/mol. The Labute approximate surface area is 163 Å². The lowest BCUT2D eigenvalue weighted by Crippen LogP contribution is -2.28. The molecule has 1 aliphatic heterocycles. The van der Waals surface area contributed by atoms with E-state index in [1.165, 1.54) is 0 Å². The lowest BCUT2D eigenvalue weighted by atomic mass is 10.1. The number of para-hydroxylation sites is 1. The molecule has 1 aliphatic rings. The second-order valence-electron chi connectivity index (χ2n) is 6.78. The van der Waals surface area contributed by atoms with Crippen LogP contribution in [0.2, 0.25) is 0 Å². The second-order valence-corrected chi connectivity index (χ2v) is 6.78. The number of anilines is 1. The molecule has 142 valence electrons. The van der Waals surface area contributed by atoms with Crippen LogP contribution in [0.5, 0.6) is 11.5 Å². The molecule has 0 radical (unpaired) electrons. The smallest absolute Gasteiger partial charge is 0.229 e. The summed E-state index contributed by atoms with van der Waals surface area (Å²) in [5.41, 5.74) is 1.55. The highest BCUT2D eigenvalue weighted by Gasteiger charge is 2.33. The summed E-state index contributed by atoms with van der Waals surface area (Å²) < 4.78 is 5.99. The predicted octanol–water partition coefficient (Wildman–Crippen LogP) is 3.83. The normalized spacial score (nSPS) is 16.4. The number of hydrogen-bond acceptors (Lipinski definition) is 4. The number of fused-ring (bicyclic) bond motifs is 1. The van der Waals surface area contributed by atoms with Gasteiger partial charge in [-0.3, -0.25) is 14.6 Å². The number of ether oxygens (including phenoxy) is 1. The third-order valence-corrected chi connectivity index (χ3v) is 4.93. The minimum absolute atomic E-state index is 0.0379. The maximum Gasteiger partial charge on any atom is 0.229 e. The molecule has 2 amide bonds. The van der Waals surface area contributed by atoms with E-state index in [9.17, 15) is 9.59 Å². The summed E-state index contributed by atoms with van der Waals surface area (Å²) >= 11 is 0. The molecule has 1 saturated heterocycles. The van der Waals surface area contributed by atoms with E-state index in [2.05, 4.69) is 10.3 Å². The van der Waals surface area contributed by atoms with E-state index < -0.39 is 0 Å². The zero-order valence-corrected chi connectivity index (χ0v) is 15.6. The van der Waals surface area contributed by atoms with Crippen molar-refractivity contribution in [2.45, 2.75) is 13.3 Å². The number of hydrogen-bond donors (Lipinski definition) is 1. The highest BCUT2D eigenvalue weighted by molar-refractivity contribution is 5.97. The third kappa shape index (κ3) is 3.67. The summed E-state index contributed by atoms with van der Waals surface area (Å²) in [4.78, 5) is 30.3. The lowest BCUT2D eigenvalue weighted by Gasteiger charge is -2.14. The van der Waals surface area contributed by atoms with Crippen LogP contribution in [-0.4, -0.2) is 34.8 Å². The van der Waals surface area contributed by atoms with Gasteiger partial charge in [-0.15, -0.1) is 0 Å². The molecule has 4 rings (SSSR count). The number of pyridine rings is 1. The first-order valence-electron chi connectivity index (χ1n) is 9.34. The van der Waals surface area contributed by atoms with Gasteiger partial charge >= 0.3 is 0 Å². The molecule has 0 bridgehead atoms. The highest BCUT2D eigenvalue weighted by atomic mass is 16.5. The van der Waals surface area contributed by atoms with Gasteiger partial charge in [0.05, 0.1) is 11.4 Å². The van der Waals surface area contributed by atoms with Crippen molar-refractivity contribution in [1.29, 1.82) is 0 Å². The van der Waals surface area contributed by atoms with Crippen LogP contribution in [0, 0.1) is 5.92 Å². The fraction of sp³-hybridized carbons (Fsp3) is 0.227. The van der Waals surface area contributed by atoms with Gasteiger partial charge < -0.3 is 15.0 Å². The number of nitrogens with zero attached hydrogens (tertiary/aromatic N) is 2. The summed E-state index contributed by atoms with van der Waals surface area (Å²) in [6, 6.07) is 16.8. The molecule has 28 heavy (non-hydrogen) atoms. The Morgan fingerprint density at radius 1 is 1.18 bits per heavy atom. The van der Waals surface area contributed by atoms with Gasteiger partial charge in [-0.25, -0.2) is 0 Å². The van der Waals surface area contributed by atoms with Crippen molar-refractivity contribution in [3.05, 3.63) is 60.8 Å². The van der Waals surface area contributed by atoms with Crippen molar-refractivity contribution in [3.63, 3.8) is 0 Å². The highest BCUT2D eigenvalue weighted by Crippen LogP contribution is 2.29. The largest absolute Gasteiger partial charge is 0.457 e.